The number of hydrogen-bond donors (Lipinski definition) is 2. The van der Waals surface area contributed by atoms with Crippen LogP contribution in [0.2, 0.25) is 5.02 Å². The summed E-state index contributed by atoms with van der Waals surface area (Å²) in [5.41, 5.74) is 6.09. The number of pyridine rings is 1. The van der Waals surface area contributed by atoms with Crippen LogP contribution >= 0.6 is 11.6 Å². The molecule has 0 unspecified atom stereocenters. The topological polar surface area (TPSA) is 115 Å². The number of rotatable bonds is 3. The minimum absolute atomic E-state index is 0.105. The number of nitrogens with two attached hydrogens (primary N) is 1. The van der Waals surface area contributed by atoms with Gasteiger partial charge < -0.3 is 10.8 Å². The Labute approximate surface area is 174 Å². The van der Waals surface area contributed by atoms with Gasteiger partial charge in [-0.25, -0.2) is 4.98 Å². The monoisotopic (exact) mass is 419 g/mol. The van der Waals surface area contributed by atoms with E-state index in [1.165, 1.54) is 10.5 Å². The van der Waals surface area contributed by atoms with Crippen molar-refractivity contribution in [3.63, 3.8) is 0 Å². The molecule has 0 fully saturated rings. The van der Waals surface area contributed by atoms with Crippen LogP contribution in [0.4, 0.5) is 0 Å². The fourth-order valence-corrected chi connectivity index (χ4v) is 3.45. The Morgan fingerprint density at radius 2 is 1.93 bits per heavy atom. The van der Waals surface area contributed by atoms with Gasteiger partial charge in [0.15, 0.2) is 0 Å². The predicted octanol–water partition coefficient (Wildman–Crippen LogP) is 1.33. The second kappa shape index (κ2) is 7.59. The van der Waals surface area contributed by atoms with E-state index >= 15 is 0 Å². The van der Waals surface area contributed by atoms with Crippen LogP contribution in [0, 0.1) is 11.8 Å². The zero-order chi connectivity index (χ0) is 21.4. The summed E-state index contributed by atoms with van der Waals surface area (Å²) in [6.07, 6.45) is 1.38. The molecule has 0 aliphatic carbocycles. The molecular formula is C22H14ClN3O4. The molecule has 0 spiro atoms. The number of hydrogen-bond acceptors (Lipinski definition) is 5. The number of primary amides is 1. The first kappa shape index (κ1) is 19.6. The van der Waals surface area contributed by atoms with Crippen molar-refractivity contribution in [3.8, 4) is 11.8 Å². The molecule has 0 aliphatic rings. The fraction of sp³-hybridized carbons (Fsp3) is 0.0909. The molecule has 4 aromatic rings. The van der Waals surface area contributed by atoms with E-state index in [4.69, 9.17) is 22.4 Å². The molecule has 148 valence electrons. The summed E-state index contributed by atoms with van der Waals surface area (Å²) in [5, 5.41) is 9.65. The van der Waals surface area contributed by atoms with Crippen molar-refractivity contribution in [2.24, 2.45) is 5.73 Å². The van der Waals surface area contributed by atoms with Crippen molar-refractivity contribution in [1.29, 1.82) is 0 Å². The number of halogens is 1. The van der Waals surface area contributed by atoms with E-state index in [1.807, 2.05) is 0 Å². The van der Waals surface area contributed by atoms with Crippen molar-refractivity contribution >= 4 is 33.9 Å². The van der Waals surface area contributed by atoms with Crippen LogP contribution in [0.5, 0.6) is 0 Å². The van der Waals surface area contributed by atoms with Crippen LogP contribution in [0.3, 0.4) is 0 Å². The molecule has 0 saturated carbocycles. The minimum atomic E-state index is -0.936. The average molecular weight is 420 g/mol. The van der Waals surface area contributed by atoms with Gasteiger partial charge >= 0.3 is 0 Å². The molecule has 30 heavy (non-hydrogen) atoms. The van der Waals surface area contributed by atoms with Crippen LogP contribution in [0.1, 0.15) is 27.2 Å². The molecule has 1 amide bonds. The van der Waals surface area contributed by atoms with Gasteiger partial charge in [0, 0.05) is 23.2 Å². The Morgan fingerprint density at radius 3 is 2.60 bits per heavy atom. The predicted molar refractivity (Wildman–Crippen MR) is 113 cm³/mol. The summed E-state index contributed by atoms with van der Waals surface area (Å²) in [5.74, 6) is 4.31. The maximum Gasteiger partial charge on any atom is 0.277 e. The van der Waals surface area contributed by atoms with Gasteiger partial charge in [-0.15, -0.1) is 0 Å². The number of carbonyl (C=O) groups is 1. The highest BCUT2D eigenvalue weighted by atomic mass is 35.5. The number of aliphatic hydroxyl groups is 1. The van der Waals surface area contributed by atoms with E-state index in [-0.39, 0.29) is 35.2 Å². The van der Waals surface area contributed by atoms with Gasteiger partial charge in [-0.05, 0) is 29.8 Å². The first-order valence-corrected chi connectivity index (χ1v) is 9.26. The Morgan fingerprint density at radius 1 is 1.20 bits per heavy atom. The van der Waals surface area contributed by atoms with E-state index in [9.17, 15) is 14.4 Å². The van der Waals surface area contributed by atoms with Crippen molar-refractivity contribution in [3.05, 3.63) is 90.6 Å². The molecule has 0 atom stereocenters. The first-order chi connectivity index (χ1) is 14.4. The fourth-order valence-electron chi connectivity index (χ4n) is 3.32. The summed E-state index contributed by atoms with van der Waals surface area (Å²) in [7, 11) is 0. The molecule has 8 heteroatoms. The summed E-state index contributed by atoms with van der Waals surface area (Å²) in [4.78, 5) is 42.1. The molecule has 3 N–H and O–H groups in total. The normalized spacial score (nSPS) is 10.9. The van der Waals surface area contributed by atoms with Crippen LogP contribution < -0.4 is 16.7 Å². The van der Waals surface area contributed by atoms with Gasteiger partial charge in [-0.2, -0.15) is 0 Å². The molecule has 7 nitrogen and oxygen atoms in total. The number of benzene rings is 2. The van der Waals surface area contributed by atoms with Crippen LogP contribution in [0.25, 0.3) is 16.4 Å². The molecule has 4 rings (SSSR count). The minimum Gasteiger partial charge on any atom is -0.384 e. The molecular weight excluding hydrogens is 406 g/mol. The largest absolute Gasteiger partial charge is 0.384 e. The van der Waals surface area contributed by atoms with Gasteiger partial charge in [0.2, 0.25) is 5.43 Å². The van der Waals surface area contributed by atoms with Crippen molar-refractivity contribution in [1.82, 2.24) is 9.38 Å². The number of aliphatic hydroxyl groups excluding tert-OH is 1. The molecule has 0 bridgehead atoms. The van der Waals surface area contributed by atoms with E-state index in [1.54, 1.807) is 30.3 Å². The first-order valence-electron chi connectivity index (χ1n) is 8.88. The Bertz CT molecular complexity index is 1480. The van der Waals surface area contributed by atoms with Crippen molar-refractivity contribution in [2.45, 2.75) is 6.42 Å². The lowest BCUT2D eigenvalue weighted by Gasteiger charge is -2.11. The Balaban J connectivity index is 2.06. The smallest absolute Gasteiger partial charge is 0.277 e. The third-order valence-corrected chi connectivity index (χ3v) is 4.91. The molecule has 0 aliphatic heterocycles. The highest BCUT2D eigenvalue weighted by Gasteiger charge is 2.19. The third-order valence-electron chi connectivity index (χ3n) is 4.66. The second-order valence-electron chi connectivity index (χ2n) is 6.62. The van der Waals surface area contributed by atoms with Crippen LogP contribution in [-0.4, -0.2) is 27.0 Å². The van der Waals surface area contributed by atoms with Gasteiger partial charge in [0.05, 0.1) is 16.4 Å². The summed E-state index contributed by atoms with van der Waals surface area (Å²) >= 11 is 5.92. The van der Waals surface area contributed by atoms with E-state index in [2.05, 4.69) is 16.8 Å². The van der Waals surface area contributed by atoms with Gasteiger partial charge in [0.1, 0.15) is 17.9 Å². The summed E-state index contributed by atoms with van der Waals surface area (Å²) < 4.78 is 1.23. The third kappa shape index (κ3) is 3.39. The highest BCUT2D eigenvalue weighted by molar-refractivity contribution is 6.30. The number of aromatic nitrogens is 2. The Kier molecular flexibility index (Phi) is 4.96. The van der Waals surface area contributed by atoms with Gasteiger partial charge in [-0.3, -0.25) is 18.8 Å². The molecule has 2 aromatic carbocycles. The van der Waals surface area contributed by atoms with Crippen LogP contribution in [0.15, 0.2) is 52.2 Å². The van der Waals surface area contributed by atoms with E-state index in [0.717, 1.165) is 11.8 Å². The molecule has 0 radical (unpaired) electrons. The summed E-state index contributed by atoms with van der Waals surface area (Å²) in [6, 6.07) is 10.1. The lowest BCUT2D eigenvalue weighted by molar-refractivity contribution is 0.0999. The van der Waals surface area contributed by atoms with E-state index in [0.29, 0.717) is 16.1 Å². The number of amides is 1. The summed E-state index contributed by atoms with van der Waals surface area (Å²) in [6.45, 7) is -0.359. The lowest BCUT2D eigenvalue weighted by atomic mass is 10.0. The SMILES string of the molecule is NC(=O)c1cn2c(=O)c(Cc3ccc(Cl)cc3)nc3cc(C#CCO)cc(c1=O)c32. The maximum absolute atomic E-state index is 13.1. The lowest BCUT2D eigenvalue weighted by Crippen LogP contribution is -2.28. The quantitative estimate of drug-likeness (QED) is 0.486. The molecule has 0 saturated heterocycles. The number of nitrogens with zero attached hydrogens (tertiary/aromatic N) is 2. The van der Waals surface area contributed by atoms with Crippen molar-refractivity contribution in [2.75, 3.05) is 6.61 Å². The molecule has 2 aromatic heterocycles. The number of carbonyl (C=O) groups excluding carboxylic acids is 1. The second-order valence-corrected chi connectivity index (χ2v) is 7.06. The maximum atomic E-state index is 13.1. The zero-order valence-electron chi connectivity index (χ0n) is 15.5. The van der Waals surface area contributed by atoms with Crippen molar-refractivity contribution < 1.29 is 9.90 Å². The zero-order valence-corrected chi connectivity index (χ0v) is 16.2. The van der Waals surface area contributed by atoms with Crippen LogP contribution in [-0.2, 0) is 6.42 Å². The van der Waals surface area contributed by atoms with Gasteiger partial charge in [-0.1, -0.05) is 35.6 Å². The average Bonchev–Trinajstić information content (AvgIpc) is 2.72. The van der Waals surface area contributed by atoms with Gasteiger partial charge in [0.25, 0.3) is 11.5 Å². The highest BCUT2D eigenvalue weighted by Crippen LogP contribution is 2.20. The standard InChI is InChI=1S/C22H14ClN3O4/c23-14-5-3-12(4-6-14)9-18-22(30)26-11-16(21(24)29)20(28)15-8-13(2-1-7-27)10-17(25-18)19(15)26/h3-6,8,10-11,27H,7,9H2,(H2,24,29). The van der Waals surface area contributed by atoms with E-state index < -0.39 is 16.9 Å². The Hall–Kier alpha value is -3.73. The molecule has 2 heterocycles.